The van der Waals surface area contributed by atoms with Gasteiger partial charge in [-0.1, -0.05) is 6.58 Å². The average molecular weight is 398 g/mol. The van der Waals surface area contributed by atoms with E-state index in [0.29, 0.717) is 36.5 Å². The number of amides is 2. The lowest BCUT2D eigenvalue weighted by Crippen LogP contribution is -2.43. The third kappa shape index (κ3) is 4.50. The van der Waals surface area contributed by atoms with Crippen LogP contribution in [0.3, 0.4) is 0 Å². The fraction of sp³-hybridized carbons (Fsp3) is 0.409. The second-order valence-electron chi connectivity index (χ2n) is 7.54. The number of primary amides is 1. The van der Waals surface area contributed by atoms with E-state index in [4.69, 9.17) is 14.9 Å². The highest BCUT2D eigenvalue weighted by atomic mass is 16.5. The van der Waals surface area contributed by atoms with Gasteiger partial charge in [0.25, 0.3) is 0 Å². The van der Waals surface area contributed by atoms with Crippen molar-refractivity contribution in [3.05, 3.63) is 51.9 Å². The van der Waals surface area contributed by atoms with Crippen LogP contribution in [0, 0.1) is 6.92 Å². The zero-order valence-corrected chi connectivity index (χ0v) is 16.8. The number of fused-ring (bicyclic) bond motifs is 1. The fourth-order valence-corrected chi connectivity index (χ4v) is 3.70. The highest BCUT2D eigenvalue weighted by molar-refractivity contribution is 5.87. The van der Waals surface area contributed by atoms with Gasteiger partial charge < -0.3 is 19.8 Å². The Balaban J connectivity index is 1.78. The van der Waals surface area contributed by atoms with E-state index >= 15 is 0 Å². The number of hydrogen-bond acceptors (Lipinski definition) is 5. The van der Waals surface area contributed by atoms with E-state index in [1.54, 1.807) is 6.07 Å². The molecule has 2 aromatic rings. The molecule has 1 unspecified atom stereocenters. The number of aryl methyl sites for hydroxylation is 1. The molecule has 2 heterocycles. The fourth-order valence-electron chi connectivity index (χ4n) is 3.70. The molecule has 0 aliphatic carbocycles. The maximum Gasteiger partial charge on any atom is 0.339 e. The van der Waals surface area contributed by atoms with Crippen LogP contribution in [0.4, 0.5) is 0 Å². The normalized spacial score (nSPS) is 16.2. The van der Waals surface area contributed by atoms with Gasteiger partial charge in [-0.15, -0.1) is 0 Å². The van der Waals surface area contributed by atoms with Crippen molar-refractivity contribution >= 4 is 22.8 Å². The molecule has 2 amide bonds. The Morgan fingerprint density at radius 2 is 2.14 bits per heavy atom. The lowest BCUT2D eigenvalue weighted by molar-refractivity contribution is -0.137. The minimum absolute atomic E-state index is 0.126. The molecule has 0 saturated carbocycles. The molecule has 1 fully saturated rings. The minimum atomic E-state index is -0.547. The van der Waals surface area contributed by atoms with Gasteiger partial charge in [-0.3, -0.25) is 9.59 Å². The maximum absolute atomic E-state index is 12.6. The molecule has 0 radical (unpaired) electrons. The van der Waals surface area contributed by atoms with Crippen LogP contribution in [-0.4, -0.2) is 35.9 Å². The van der Waals surface area contributed by atoms with Gasteiger partial charge in [-0.05, 0) is 56.4 Å². The van der Waals surface area contributed by atoms with E-state index in [2.05, 4.69) is 6.58 Å². The monoisotopic (exact) mass is 398 g/mol. The minimum Gasteiger partial charge on any atom is -0.489 e. The van der Waals surface area contributed by atoms with Gasteiger partial charge >= 0.3 is 5.63 Å². The number of hydrogen-bond donors (Lipinski definition) is 1. The summed E-state index contributed by atoms with van der Waals surface area (Å²) in [6.45, 7) is 8.41. The smallest absolute Gasteiger partial charge is 0.339 e. The van der Waals surface area contributed by atoms with Crippen molar-refractivity contribution in [2.24, 2.45) is 5.73 Å². The van der Waals surface area contributed by atoms with Crippen molar-refractivity contribution in [1.29, 1.82) is 0 Å². The van der Waals surface area contributed by atoms with E-state index in [1.165, 1.54) is 4.90 Å². The van der Waals surface area contributed by atoms with Crippen molar-refractivity contribution in [2.45, 2.75) is 45.6 Å². The molecule has 0 bridgehead atoms. The first-order valence-electron chi connectivity index (χ1n) is 9.70. The summed E-state index contributed by atoms with van der Waals surface area (Å²) in [4.78, 5) is 38.1. The predicted octanol–water partition coefficient (Wildman–Crippen LogP) is 2.47. The summed E-state index contributed by atoms with van der Waals surface area (Å²) in [5.74, 6) is -0.0619. The van der Waals surface area contributed by atoms with Crippen LogP contribution in [0.15, 0.2) is 39.6 Å². The van der Waals surface area contributed by atoms with Crippen molar-refractivity contribution < 1.29 is 18.7 Å². The third-order valence-corrected chi connectivity index (χ3v) is 5.23. The number of ether oxygens (including phenoxy) is 1. The molecule has 0 spiro atoms. The van der Waals surface area contributed by atoms with E-state index in [-0.39, 0.29) is 18.7 Å². The molecule has 1 atom stereocenters. The highest BCUT2D eigenvalue weighted by Crippen LogP contribution is 2.25. The van der Waals surface area contributed by atoms with Crippen LogP contribution in [0.1, 0.15) is 37.3 Å². The quantitative estimate of drug-likeness (QED) is 0.570. The van der Waals surface area contributed by atoms with E-state index in [1.807, 2.05) is 26.0 Å². The van der Waals surface area contributed by atoms with Crippen LogP contribution in [-0.2, 0) is 16.0 Å². The predicted molar refractivity (Wildman–Crippen MR) is 110 cm³/mol. The number of benzene rings is 1. The van der Waals surface area contributed by atoms with Gasteiger partial charge in [0.15, 0.2) is 0 Å². The Hall–Kier alpha value is -3.09. The maximum atomic E-state index is 12.6. The lowest BCUT2D eigenvalue weighted by atomic mass is 10.0. The zero-order valence-electron chi connectivity index (χ0n) is 16.8. The van der Waals surface area contributed by atoms with Crippen molar-refractivity contribution in [2.75, 3.05) is 13.2 Å². The number of carbonyl (C=O) groups is 2. The summed E-state index contributed by atoms with van der Waals surface area (Å²) in [7, 11) is 0. The lowest BCUT2D eigenvalue weighted by Gasteiger charge is -2.22. The zero-order chi connectivity index (χ0) is 21.1. The van der Waals surface area contributed by atoms with Crippen molar-refractivity contribution in [3.63, 3.8) is 0 Å². The summed E-state index contributed by atoms with van der Waals surface area (Å²) in [6.07, 6.45) is 1.72. The molecule has 7 nitrogen and oxygen atoms in total. The van der Waals surface area contributed by atoms with E-state index in [0.717, 1.165) is 22.9 Å². The van der Waals surface area contributed by atoms with Crippen LogP contribution in [0.2, 0.25) is 0 Å². The number of likely N-dealkylation sites (tertiary alicyclic amines) is 1. The van der Waals surface area contributed by atoms with Gasteiger partial charge in [-0.2, -0.15) is 0 Å². The summed E-state index contributed by atoms with van der Waals surface area (Å²) in [6, 6.07) is 4.79. The average Bonchev–Trinajstić information content (AvgIpc) is 3.16. The number of nitrogens with two attached hydrogens (primary N) is 1. The van der Waals surface area contributed by atoms with Crippen molar-refractivity contribution in [3.8, 4) is 5.75 Å². The molecule has 1 aromatic carbocycles. The van der Waals surface area contributed by atoms with Gasteiger partial charge in [-0.25, -0.2) is 4.79 Å². The summed E-state index contributed by atoms with van der Waals surface area (Å²) in [5.41, 5.74) is 7.49. The molecule has 1 saturated heterocycles. The number of rotatable bonds is 7. The van der Waals surface area contributed by atoms with Gasteiger partial charge in [0.05, 0.1) is 0 Å². The SMILES string of the molecule is C=C(C)COc1ccc2c(C)c(CCC(=O)N3CCCC3C(N)=O)c(=O)oc2c1. The van der Waals surface area contributed by atoms with Crippen LogP contribution < -0.4 is 16.1 Å². The molecular formula is C22H26N2O5. The van der Waals surface area contributed by atoms with Gasteiger partial charge in [0.2, 0.25) is 11.8 Å². The Bertz CT molecular complexity index is 1020. The summed E-state index contributed by atoms with van der Waals surface area (Å²) >= 11 is 0. The molecule has 1 aliphatic rings. The van der Waals surface area contributed by atoms with Crippen LogP contribution in [0.25, 0.3) is 11.0 Å². The first-order valence-corrected chi connectivity index (χ1v) is 9.70. The van der Waals surface area contributed by atoms with E-state index in [9.17, 15) is 14.4 Å². The van der Waals surface area contributed by atoms with Gasteiger partial charge in [0.1, 0.15) is 24.0 Å². The van der Waals surface area contributed by atoms with Crippen LogP contribution >= 0.6 is 0 Å². The summed E-state index contributed by atoms with van der Waals surface area (Å²) < 4.78 is 11.1. The second-order valence-corrected chi connectivity index (χ2v) is 7.54. The molecule has 29 heavy (non-hydrogen) atoms. The molecule has 154 valence electrons. The molecule has 7 heteroatoms. The Labute approximate surface area is 169 Å². The molecular weight excluding hydrogens is 372 g/mol. The molecule has 1 aromatic heterocycles. The molecule has 2 N–H and O–H groups in total. The highest BCUT2D eigenvalue weighted by Gasteiger charge is 2.32. The van der Waals surface area contributed by atoms with E-state index < -0.39 is 17.6 Å². The largest absolute Gasteiger partial charge is 0.489 e. The first-order chi connectivity index (χ1) is 13.8. The molecule has 3 rings (SSSR count). The second kappa shape index (κ2) is 8.51. The first kappa shape index (κ1) is 20.6. The van der Waals surface area contributed by atoms with Crippen LogP contribution in [0.5, 0.6) is 5.75 Å². The Morgan fingerprint density at radius 1 is 1.38 bits per heavy atom. The number of nitrogens with zero attached hydrogens (tertiary/aromatic N) is 1. The van der Waals surface area contributed by atoms with Gasteiger partial charge in [0, 0.05) is 30.0 Å². The molecule has 1 aliphatic heterocycles. The topological polar surface area (TPSA) is 103 Å². The number of carbonyl (C=O) groups excluding carboxylic acids is 2. The standard InChI is InChI=1S/C22H26N2O5/c1-13(2)12-28-15-6-7-16-14(3)17(22(27)29-19(16)11-15)8-9-20(25)24-10-4-5-18(24)21(23)26/h6-7,11,18H,1,4-5,8-10,12H2,2-3H3,(H2,23,26). The Morgan fingerprint density at radius 3 is 2.83 bits per heavy atom. The van der Waals surface area contributed by atoms with Crippen molar-refractivity contribution in [1.82, 2.24) is 4.90 Å². The summed E-state index contributed by atoms with van der Waals surface area (Å²) in [5, 5.41) is 0.797. The Kier molecular flexibility index (Phi) is 6.06. The third-order valence-electron chi connectivity index (χ3n) is 5.23.